The van der Waals surface area contributed by atoms with Gasteiger partial charge in [0.25, 0.3) is 0 Å². The summed E-state index contributed by atoms with van der Waals surface area (Å²) in [5.41, 5.74) is 0.999. The topological polar surface area (TPSA) is 98.7 Å². The van der Waals surface area contributed by atoms with Crippen molar-refractivity contribution in [3.8, 4) is 0 Å². The Hall–Kier alpha value is -2.21. The normalized spacial score (nSPS) is 25.9. The van der Waals surface area contributed by atoms with Gasteiger partial charge in [0.2, 0.25) is 11.8 Å². The Morgan fingerprint density at radius 3 is 2.47 bits per heavy atom. The van der Waals surface area contributed by atoms with Crippen LogP contribution in [-0.4, -0.2) is 60.9 Å². The van der Waals surface area contributed by atoms with Gasteiger partial charge in [0.1, 0.15) is 0 Å². The van der Waals surface area contributed by atoms with E-state index in [9.17, 15) is 9.59 Å². The molecule has 8 nitrogen and oxygen atoms in total. The molecular formula is C22H27IN6O2S. The lowest BCUT2D eigenvalue weighted by Gasteiger charge is -2.18. The summed E-state index contributed by atoms with van der Waals surface area (Å²) in [6.07, 6.45) is 5.19. The molecule has 1 aliphatic heterocycles. The molecule has 2 bridgehead atoms. The Kier molecular flexibility index (Phi) is 6.99. The number of hydrogen-bond donors (Lipinski definition) is 3. The van der Waals surface area contributed by atoms with E-state index in [-0.39, 0.29) is 59.5 Å². The molecule has 2 heterocycles. The SMILES string of the molecule is CN=C(NCCNc1nc2ccccc2s1)NCCN1C(=O)C2C3C=CC(C3)C2C1=O.I. The first-order valence-corrected chi connectivity index (χ1v) is 11.5. The number of halogens is 1. The summed E-state index contributed by atoms with van der Waals surface area (Å²) in [6.45, 7) is 2.21. The number of fused-ring (bicyclic) bond motifs is 6. The van der Waals surface area contributed by atoms with Crippen LogP contribution < -0.4 is 16.0 Å². The number of likely N-dealkylation sites (tertiary alicyclic amines) is 1. The molecule has 1 saturated carbocycles. The van der Waals surface area contributed by atoms with Crippen LogP contribution in [0.4, 0.5) is 5.13 Å². The number of aromatic nitrogens is 1. The summed E-state index contributed by atoms with van der Waals surface area (Å²) >= 11 is 1.63. The molecule has 1 saturated heterocycles. The van der Waals surface area contributed by atoms with Gasteiger partial charge in [-0.1, -0.05) is 35.6 Å². The fourth-order valence-electron chi connectivity index (χ4n) is 4.99. The molecule has 1 aromatic carbocycles. The summed E-state index contributed by atoms with van der Waals surface area (Å²) in [6, 6.07) is 8.07. The van der Waals surface area contributed by atoms with Gasteiger partial charge >= 0.3 is 0 Å². The standard InChI is InChI=1S/C22H26N6O2S.HI/c1-23-21(24-8-9-26-22-27-15-4-2-3-5-16(15)31-22)25-10-11-28-19(29)17-13-6-7-14(12-13)18(17)20(28)30;/h2-7,13-14,17-18H,8-12H2,1H3,(H,26,27)(H2,23,24,25);1H. The number of rotatable bonds is 7. The van der Waals surface area contributed by atoms with E-state index in [4.69, 9.17) is 0 Å². The van der Waals surface area contributed by atoms with Crippen molar-refractivity contribution in [2.45, 2.75) is 6.42 Å². The van der Waals surface area contributed by atoms with Crippen LogP contribution in [0, 0.1) is 23.7 Å². The van der Waals surface area contributed by atoms with Gasteiger partial charge in [0.15, 0.2) is 11.1 Å². The molecule has 2 fully saturated rings. The van der Waals surface area contributed by atoms with E-state index in [2.05, 4.69) is 44.1 Å². The predicted octanol–water partition coefficient (Wildman–Crippen LogP) is 2.30. The number of thiazole rings is 1. The third kappa shape index (κ3) is 4.21. The van der Waals surface area contributed by atoms with E-state index < -0.39 is 0 Å². The van der Waals surface area contributed by atoms with Crippen molar-refractivity contribution in [1.82, 2.24) is 20.5 Å². The Labute approximate surface area is 208 Å². The zero-order valence-corrected chi connectivity index (χ0v) is 20.9. The quantitative estimate of drug-likeness (QED) is 0.119. The fourth-order valence-corrected chi connectivity index (χ4v) is 5.88. The number of anilines is 1. The van der Waals surface area contributed by atoms with Crippen molar-refractivity contribution in [2.75, 3.05) is 38.5 Å². The first kappa shape index (κ1) is 23.0. The van der Waals surface area contributed by atoms with Gasteiger partial charge in [-0.25, -0.2) is 4.98 Å². The van der Waals surface area contributed by atoms with Crippen molar-refractivity contribution in [2.24, 2.45) is 28.7 Å². The number of benzene rings is 1. The van der Waals surface area contributed by atoms with Crippen LogP contribution in [-0.2, 0) is 9.59 Å². The lowest BCUT2D eigenvalue weighted by Crippen LogP contribution is -2.44. The summed E-state index contributed by atoms with van der Waals surface area (Å²) in [5.74, 6) is 0.881. The average Bonchev–Trinajstić information content (AvgIpc) is 3.54. The second kappa shape index (κ2) is 9.74. The molecule has 0 radical (unpaired) electrons. The number of hydrogen-bond acceptors (Lipinski definition) is 6. The highest BCUT2D eigenvalue weighted by Gasteiger charge is 2.58. The minimum absolute atomic E-state index is 0. The Morgan fingerprint density at radius 2 is 1.78 bits per heavy atom. The van der Waals surface area contributed by atoms with Gasteiger partial charge in [0.05, 0.1) is 22.1 Å². The Morgan fingerprint density at radius 1 is 1.09 bits per heavy atom. The third-order valence-electron chi connectivity index (χ3n) is 6.40. The van der Waals surface area contributed by atoms with Gasteiger partial charge < -0.3 is 16.0 Å². The number of para-hydroxylation sites is 1. The molecule has 1 aromatic heterocycles. The number of amides is 2. The first-order valence-electron chi connectivity index (χ1n) is 10.7. The lowest BCUT2D eigenvalue weighted by atomic mass is 9.85. The van der Waals surface area contributed by atoms with Crippen molar-refractivity contribution < 1.29 is 9.59 Å². The zero-order chi connectivity index (χ0) is 21.4. The van der Waals surface area contributed by atoms with Crippen LogP contribution >= 0.6 is 35.3 Å². The van der Waals surface area contributed by atoms with Gasteiger partial charge in [0, 0.05) is 33.2 Å². The van der Waals surface area contributed by atoms with E-state index >= 15 is 0 Å². The summed E-state index contributed by atoms with van der Waals surface area (Å²) in [7, 11) is 1.70. The molecule has 5 rings (SSSR count). The summed E-state index contributed by atoms with van der Waals surface area (Å²) in [4.78, 5) is 35.7. The molecule has 2 amide bonds. The second-order valence-corrected chi connectivity index (χ2v) is 9.20. The van der Waals surface area contributed by atoms with Crippen LogP contribution in [0.1, 0.15) is 6.42 Å². The molecule has 3 N–H and O–H groups in total. The van der Waals surface area contributed by atoms with E-state index in [1.54, 1.807) is 18.4 Å². The number of aliphatic imine (C=N–C) groups is 1. The zero-order valence-electron chi connectivity index (χ0n) is 17.8. The monoisotopic (exact) mass is 566 g/mol. The van der Waals surface area contributed by atoms with E-state index in [1.807, 2.05) is 18.2 Å². The first-order chi connectivity index (χ1) is 15.2. The largest absolute Gasteiger partial charge is 0.360 e. The molecule has 4 unspecified atom stereocenters. The van der Waals surface area contributed by atoms with Crippen LogP contribution in [0.5, 0.6) is 0 Å². The fraction of sp³-hybridized carbons (Fsp3) is 0.455. The Bertz CT molecular complexity index is 1010. The third-order valence-corrected chi connectivity index (χ3v) is 7.39. The van der Waals surface area contributed by atoms with Crippen molar-refractivity contribution in [1.29, 1.82) is 0 Å². The average molecular weight is 566 g/mol. The number of allylic oxidation sites excluding steroid dienone is 2. The maximum absolute atomic E-state index is 12.7. The van der Waals surface area contributed by atoms with Crippen molar-refractivity contribution in [3.63, 3.8) is 0 Å². The van der Waals surface area contributed by atoms with Crippen LogP contribution in [0.2, 0.25) is 0 Å². The minimum Gasteiger partial charge on any atom is -0.360 e. The van der Waals surface area contributed by atoms with Crippen molar-refractivity contribution >= 4 is 68.4 Å². The van der Waals surface area contributed by atoms with Crippen LogP contribution in [0.3, 0.4) is 0 Å². The van der Waals surface area contributed by atoms with Gasteiger partial charge in [-0.05, 0) is 30.4 Å². The minimum atomic E-state index is -0.131. The lowest BCUT2D eigenvalue weighted by molar-refractivity contribution is -0.140. The van der Waals surface area contributed by atoms with E-state index in [0.29, 0.717) is 32.1 Å². The molecule has 3 aliphatic rings. The molecule has 32 heavy (non-hydrogen) atoms. The molecule has 4 atom stereocenters. The molecule has 2 aromatic rings. The highest BCUT2D eigenvalue weighted by atomic mass is 127. The molecular weight excluding hydrogens is 539 g/mol. The number of carbonyl (C=O) groups excluding carboxylic acids is 2. The Balaban J connectivity index is 0.00000245. The highest BCUT2D eigenvalue weighted by Crippen LogP contribution is 2.52. The molecule has 2 aliphatic carbocycles. The number of nitrogens with zero attached hydrogens (tertiary/aromatic N) is 3. The van der Waals surface area contributed by atoms with Crippen LogP contribution in [0.25, 0.3) is 10.2 Å². The van der Waals surface area contributed by atoms with E-state index in [0.717, 1.165) is 21.8 Å². The highest BCUT2D eigenvalue weighted by molar-refractivity contribution is 14.0. The number of carbonyl (C=O) groups is 2. The second-order valence-electron chi connectivity index (χ2n) is 8.17. The van der Waals surface area contributed by atoms with Gasteiger partial charge in [-0.15, -0.1) is 24.0 Å². The molecule has 170 valence electrons. The van der Waals surface area contributed by atoms with Crippen LogP contribution in [0.15, 0.2) is 41.4 Å². The van der Waals surface area contributed by atoms with Gasteiger partial charge in [-0.2, -0.15) is 0 Å². The summed E-state index contributed by atoms with van der Waals surface area (Å²) in [5, 5.41) is 10.7. The maximum Gasteiger partial charge on any atom is 0.233 e. The number of imide groups is 1. The van der Waals surface area contributed by atoms with E-state index in [1.165, 1.54) is 4.90 Å². The maximum atomic E-state index is 12.7. The molecule has 0 spiro atoms. The van der Waals surface area contributed by atoms with Crippen molar-refractivity contribution in [3.05, 3.63) is 36.4 Å². The number of guanidine groups is 1. The van der Waals surface area contributed by atoms with Gasteiger partial charge in [-0.3, -0.25) is 19.5 Å². The summed E-state index contributed by atoms with van der Waals surface area (Å²) < 4.78 is 1.16. The number of nitrogens with one attached hydrogen (secondary N) is 3. The molecule has 10 heteroatoms. The predicted molar refractivity (Wildman–Crippen MR) is 137 cm³/mol. The smallest absolute Gasteiger partial charge is 0.233 e.